The number of hydrogen-bond acceptors (Lipinski definition) is 4. The van der Waals surface area contributed by atoms with Crippen molar-refractivity contribution in [2.45, 2.75) is 13.2 Å². The third-order valence-corrected chi connectivity index (χ3v) is 1.08. The normalized spacial score (nSPS) is 11.9. The molecule has 1 unspecified atom stereocenters. The van der Waals surface area contributed by atoms with Crippen LogP contribution in [-0.4, -0.2) is 26.5 Å². The number of hydrogen-bond donors (Lipinski definition) is 0. The summed E-state index contributed by atoms with van der Waals surface area (Å²) in [6.45, 7) is 4.91. The average Bonchev–Trinajstić information content (AvgIpc) is 2.02. The van der Waals surface area contributed by atoms with Crippen LogP contribution in [0.3, 0.4) is 0 Å². The molecule has 0 N–H and O–H groups in total. The van der Waals surface area contributed by atoms with E-state index >= 15 is 0 Å². The van der Waals surface area contributed by atoms with Gasteiger partial charge in [-0.3, -0.25) is 0 Å². The second kappa shape index (κ2) is 4.73. The molecule has 0 saturated carbocycles. The van der Waals surface area contributed by atoms with Crippen molar-refractivity contribution in [2.24, 2.45) is 0 Å². The second-order valence-electron chi connectivity index (χ2n) is 1.84. The molecule has 0 aliphatic heterocycles. The number of carbonyl (C=O) groups is 1. The first kappa shape index (κ1) is 9.97. The zero-order valence-electron chi connectivity index (χ0n) is 6.92. The van der Waals surface area contributed by atoms with Gasteiger partial charge in [0.25, 0.3) is 0 Å². The Balaban J connectivity index is 3.77. The van der Waals surface area contributed by atoms with Gasteiger partial charge in [-0.25, -0.2) is 4.79 Å². The maximum Gasteiger partial charge on any atom is 0.375 e. The van der Waals surface area contributed by atoms with Crippen LogP contribution in [0.2, 0.25) is 0 Å². The van der Waals surface area contributed by atoms with Crippen molar-refractivity contribution in [3.05, 3.63) is 12.3 Å². The van der Waals surface area contributed by atoms with Crippen molar-refractivity contribution in [1.82, 2.24) is 0 Å². The van der Waals surface area contributed by atoms with Crippen molar-refractivity contribution in [3.8, 4) is 0 Å². The zero-order valence-corrected chi connectivity index (χ0v) is 6.92. The molecule has 1 atom stereocenters. The van der Waals surface area contributed by atoms with Crippen LogP contribution in [0.15, 0.2) is 12.3 Å². The highest BCUT2D eigenvalue weighted by atomic mass is 16.7. The fraction of sp³-hybridized carbons (Fsp3) is 0.571. The largest absolute Gasteiger partial charge is 0.490 e. The van der Waals surface area contributed by atoms with Gasteiger partial charge >= 0.3 is 5.97 Å². The first-order valence-electron chi connectivity index (χ1n) is 3.08. The summed E-state index contributed by atoms with van der Waals surface area (Å²) >= 11 is 0. The van der Waals surface area contributed by atoms with E-state index in [0.717, 1.165) is 0 Å². The van der Waals surface area contributed by atoms with Crippen LogP contribution < -0.4 is 0 Å². The average molecular weight is 160 g/mol. The zero-order chi connectivity index (χ0) is 8.85. The van der Waals surface area contributed by atoms with Crippen molar-refractivity contribution < 1.29 is 19.0 Å². The van der Waals surface area contributed by atoms with Crippen LogP contribution >= 0.6 is 0 Å². The molecule has 11 heavy (non-hydrogen) atoms. The maximum absolute atomic E-state index is 10.8. The lowest BCUT2D eigenvalue weighted by molar-refractivity contribution is -0.168. The molecule has 0 heterocycles. The fourth-order valence-electron chi connectivity index (χ4n) is 0.348. The Hall–Kier alpha value is -1.03. The Kier molecular flexibility index (Phi) is 4.29. The summed E-state index contributed by atoms with van der Waals surface area (Å²) < 4.78 is 13.9. The van der Waals surface area contributed by atoms with Crippen LogP contribution in [-0.2, 0) is 19.0 Å². The standard InChI is InChI=1S/C7H12O4/c1-5(9-3)7(8)11-6(2)10-4/h6H,1H2,2-4H3. The smallest absolute Gasteiger partial charge is 0.375 e. The molecule has 0 aromatic carbocycles. The second-order valence-corrected chi connectivity index (χ2v) is 1.84. The minimum Gasteiger partial charge on any atom is -0.490 e. The van der Waals surface area contributed by atoms with Crippen molar-refractivity contribution in [2.75, 3.05) is 14.2 Å². The van der Waals surface area contributed by atoms with Gasteiger partial charge in [0.2, 0.25) is 0 Å². The molecule has 64 valence electrons. The molecular formula is C7H12O4. The minimum absolute atomic E-state index is 0.0334. The Morgan fingerprint density at radius 1 is 1.45 bits per heavy atom. The molecule has 0 saturated heterocycles. The van der Waals surface area contributed by atoms with E-state index in [9.17, 15) is 4.79 Å². The lowest BCUT2D eigenvalue weighted by Gasteiger charge is -2.10. The maximum atomic E-state index is 10.8. The number of carbonyl (C=O) groups excluding carboxylic acids is 1. The molecule has 0 amide bonds. The first-order valence-corrected chi connectivity index (χ1v) is 3.08. The molecule has 0 rings (SSSR count). The summed E-state index contributed by atoms with van der Waals surface area (Å²) in [5, 5.41) is 0. The van der Waals surface area contributed by atoms with E-state index in [0.29, 0.717) is 0 Å². The summed E-state index contributed by atoms with van der Waals surface area (Å²) in [5.41, 5.74) is 0. The highest BCUT2D eigenvalue weighted by Gasteiger charge is 2.11. The Morgan fingerprint density at radius 2 is 2.00 bits per heavy atom. The quantitative estimate of drug-likeness (QED) is 0.262. The van der Waals surface area contributed by atoms with E-state index in [1.807, 2.05) is 0 Å². The number of rotatable bonds is 4. The van der Waals surface area contributed by atoms with Gasteiger partial charge in [0.1, 0.15) is 0 Å². The summed E-state index contributed by atoms with van der Waals surface area (Å²) in [6.07, 6.45) is -0.575. The Morgan fingerprint density at radius 3 is 2.36 bits per heavy atom. The molecule has 0 aromatic rings. The van der Waals surface area contributed by atoms with Gasteiger partial charge in [-0.1, -0.05) is 0 Å². The lowest BCUT2D eigenvalue weighted by atomic mass is 10.6. The molecule has 0 bridgehead atoms. The third kappa shape index (κ3) is 3.62. The van der Waals surface area contributed by atoms with Gasteiger partial charge in [0.05, 0.1) is 7.11 Å². The summed E-state index contributed by atoms with van der Waals surface area (Å²) in [4.78, 5) is 10.8. The van der Waals surface area contributed by atoms with Gasteiger partial charge < -0.3 is 14.2 Å². The molecule has 4 nitrogen and oxygen atoms in total. The lowest BCUT2D eigenvalue weighted by Crippen LogP contribution is -2.18. The van der Waals surface area contributed by atoms with E-state index in [4.69, 9.17) is 0 Å². The van der Waals surface area contributed by atoms with Crippen LogP contribution in [0, 0.1) is 0 Å². The molecule has 0 fully saturated rings. The first-order chi connectivity index (χ1) is 5.11. The number of esters is 1. The van der Waals surface area contributed by atoms with Crippen molar-refractivity contribution in [3.63, 3.8) is 0 Å². The van der Waals surface area contributed by atoms with Crippen LogP contribution in [0.25, 0.3) is 0 Å². The number of ether oxygens (including phenoxy) is 3. The molecule has 0 radical (unpaired) electrons. The molecule has 0 aromatic heterocycles. The SMILES string of the molecule is C=C(OC)C(=O)OC(C)OC. The molecular weight excluding hydrogens is 148 g/mol. The molecule has 4 heteroatoms. The van der Waals surface area contributed by atoms with E-state index in [-0.39, 0.29) is 5.76 Å². The minimum atomic E-state index is -0.609. The predicted octanol–water partition coefficient (Wildman–Crippen LogP) is 0.682. The van der Waals surface area contributed by atoms with Crippen molar-refractivity contribution in [1.29, 1.82) is 0 Å². The summed E-state index contributed by atoms with van der Waals surface area (Å²) in [5.74, 6) is -0.643. The monoisotopic (exact) mass is 160 g/mol. The van der Waals surface area contributed by atoms with Gasteiger partial charge in [0, 0.05) is 7.11 Å². The fourth-order valence-corrected chi connectivity index (χ4v) is 0.348. The predicted molar refractivity (Wildman–Crippen MR) is 38.7 cm³/mol. The van der Waals surface area contributed by atoms with Gasteiger partial charge in [0.15, 0.2) is 12.0 Å². The topological polar surface area (TPSA) is 44.8 Å². The highest BCUT2D eigenvalue weighted by molar-refractivity contribution is 5.85. The van der Waals surface area contributed by atoms with Gasteiger partial charge in [-0.15, -0.1) is 0 Å². The van der Waals surface area contributed by atoms with E-state index in [2.05, 4.69) is 20.8 Å². The van der Waals surface area contributed by atoms with Gasteiger partial charge in [-0.2, -0.15) is 0 Å². The highest BCUT2D eigenvalue weighted by Crippen LogP contribution is 1.99. The molecule has 0 aliphatic carbocycles. The third-order valence-electron chi connectivity index (χ3n) is 1.08. The van der Waals surface area contributed by atoms with Gasteiger partial charge in [-0.05, 0) is 13.5 Å². The van der Waals surface area contributed by atoms with Crippen molar-refractivity contribution >= 4 is 5.97 Å². The van der Waals surface area contributed by atoms with E-state index in [1.165, 1.54) is 14.2 Å². The number of methoxy groups -OCH3 is 2. The Bertz CT molecular complexity index is 153. The van der Waals surface area contributed by atoms with Crippen LogP contribution in [0.5, 0.6) is 0 Å². The van der Waals surface area contributed by atoms with Crippen LogP contribution in [0.4, 0.5) is 0 Å². The van der Waals surface area contributed by atoms with E-state index in [1.54, 1.807) is 6.92 Å². The summed E-state index contributed by atoms with van der Waals surface area (Å²) in [7, 11) is 2.79. The summed E-state index contributed by atoms with van der Waals surface area (Å²) in [6, 6.07) is 0. The van der Waals surface area contributed by atoms with Crippen LogP contribution in [0.1, 0.15) is 6.92 Å². The molecule has 0 aliphatic rings. The van der Waals surface area contributed by atoms with E-state index < -0.39 is 12.3 Å². The Labute approximate surface area is 65.7 Å². The molecule has 0 spiro atoms.